The molecule has 0 saturated heterocycles. The van der Waals surface area contributed by atoms with Crippen LogP contribution in [-0.2, 0) is 4.79 Å². The fraction of sp³-hybridized carbons (Fsp3) is 0.0769. The Kier molecular flexibility index (Phi) is 4.99. The van der Waals surface area contributed by atoms with E-state index in [1.807, 2.05) is 6.07 Å². The third-order valence-electron chi connectivity index (χ3n) is 1.98. The van der Waals surface area contributed by atoms with Crippen molar-refractivity contribution in [1.82, 2.24) is 5.32 Å². The summed E-state index contributed by atoms with van der Waals surface area (Å²) in [4.78, 5) is 11.6. The zero-order valence-corrected chi connectivity index (χ0v) is 9.87. The highest BCUT2D eigenvalue weighted by Crippen LogP contribution is 2.17. The Bertz CT molecular complexity index is 500. The summed E-state index contributed by atoms with van der Waals surface area (Å²) in [6.45, 7) is 3.80. The van der Waals surface area contributed by atoms with Gasteiger partial charge >= 0.3 is 0 Å². The molecule has 0 heterocycles. The SMILES string of the molecule is C=CCNC(=O)C(C#N)=Cc1ccccc1Cl. The highest BCUT2D eigenvalue weighted by Gasteiger charge is 2.08. The van der Waals surface area contributed by atoms with Gasteiger partial charge in [0, 0.05) is 11.6 Å². The first-order valence-corrected chi connectivity index (χ1v) is 5.32. The number of nitriles is 1. The molecule has 0 radical (unpaired) electrons. The van der Waals surface area contributed by atoms with Crippen LogP contribution >= 0.6 is 11.6 Å². The predicted octanol–water partition coefficient (Wildman–Crippen LogP) is 2.55. The van der Waals surface area contributed by atoms with E-state index in [0.717, 1.165) is 0 Å². The number of amides is 1. The van der Waals surface area contributed by atoms with Gasteiger partial charge in [-0.25, -0.2) is 0 Å². The van der Waals surface area contributed by atoms with Crippen molar-refractivity contribution in [3.05, 3.63) is 53.1 Å². The highest BCUT2D eigenvalue weighted by atomic mass is 35.5. The molecule has 1 aromatic carbocycles. The zero-order chi connectivity index (χ0) is 12.7. The van der Waals surface area contributed by atoms with E-state index in [4.69, 9.17) is 16.9 Å². The van der Waals surface area contributed by atoms with Crippen molar-refractivity contribution in [2.75, 3.05) is 6.54 Å². The van der Waals surface area contributed by atoms with Crippen LogP contribution in [-0.4, -0.2) is 12.5 Å². The van der Waals surface area contributed by atoms with Gasteiger partial charge in [0.15, 0.2) is 0 Å². The second-order valence-electron chi connectivity index (χ2n) is 3.19. The number of hydrogen-bond donors (Lipinski definition) is 1. The second kappa shape index (κ2) is 6.51. The van der Waals surface area contributed by atoms with E-state index < -0.39 is 5.91 Å². The van der Waals surface area contributed by atoms with Gasteiger partial charge in [-0.2, -0.15) is 5.26 Å². The molecule has 0 saturated carbocycles. The summed E-state index contributed by atoms with van der Waals surface area (Å²) in [6.07, 6.45) is 3.00. The Balaban J connectivity index is 2.95. The predicted molar refractivity (Wildman–Crippen MR) is 68.2 cm³/mol. The van der Waals surface area contributed by atoms with E-state index in [-0.39, 0.29) is 5.57 Å². The molecule has 0 aromatic heterocycles. The van der Waals surface area contributed by atoms with Crippen molar-refractivity contribution >= 4 is 23.6 Å². The van der Waals surface area contributed by atoms with Crippen molar-refractivity contribution in [1.29, 1.82) is 5.26 Å². The summed E-state index contributed by atoms with van der Waals surface area (Å²) in [5.74, 6) is -0.438. The highest BCUT2D eigenvalue weighted by molar-refractivity contribution is 6.32. The van der Waals surface area contributed by atoms with Crippen LogP contribution in [0.5, 0.6) is 0 Å². The molecule has 0 aliphatic heterocycles. The molecule has 1 N–H and O–H groups in total. The van der Waals surface area contributed by atoms with Crippen LogP contribution in [0.2, 0.25) is 5.02 Å². The largest absolute Gasteiger partial charge is 0.348 e. The van der Waals surface area contributed by atoms with Gasteiger partial charge in [0.2, 0.25) is 0 Å². The molecular weight excluding hydrogens is 236 g/mol. The van der Waals surface area contributed by atoms with Crippen LogP contribution < -0.4 is 5.32 Å². The van der Waals surface area contributed by atoms with Gasteiger partial charge in [0.25, 0.3) is 5.91 Å². The van der Waals surface area contributed by atoms with Crippen molar-refractivity contribution in [3.63, 3.8) is 0 Å². The summed E-state index contributed by atoms with van der Waals surface area (Å²) in [5.41, 5.74) is 0.652. The number of halogens is 1. The third kappa shape index (κ3) is 3.78. The topological polar surface area (TPSA) is 52.9 Å². The number of nitrogens with one attached hydrogen (secondary N) is 1. The van der Waals surface area contributed by atoms with Crippen molar-refractivity contribution in [3.8, 4) is 6.07 Å². The standard InChI is InChI=1S/C13H11ClN2O/c1-2-7-16-13(17)11(9-15)8-10-5-3-4-6-12(10)14/h2-6,8H,1,7H2,(H,16,17). The van der Waals surface area contributed by atoms with Gasteiger partial charge in [-0.05, 0) is 17.7 Å². The summed E-state index contributed by atoms with van der Waals surface area (Å²) < 4.78 is 0. The maximum absolute atomic E-state index is 11.6. The average Bonchev–Trinajstić information content (AvgIpc) is 2.35. The van der Waals surface area contributed by atoms with E-state index >= 15 is 0 Å². The number of rotatable bonds is 4. The Morgan fingerprint density at radius 1 is 1.53 bits per heavy atom. The first-order valence-electron chi connectivity index (χ1n) is 4.94. The average molecular weight is 247 g/mol. The molecule has 1 aromatic rings. The van der Waals surface area contributed by atoms with Gasteiger partial charge in [-0.15, -0.1) is 6.58 Å². The van der Waals surface area contributed by atoms with Gasteiger partial charge in [0.05, 0.1) is 0 Å². The fourth-order valence-electron chi connectivity index (χ4n) is 1.16. The monoisotopic (exact) mass is 246 g/mol. The first-order chi connectivity index (χ1) is 8.19. The minimum absolute atomic E-state index is 0.0138. The number of carbonyl (C=O) groups excluding carboxylic acids is 1. The van der Waals surface area contributed by atoms with E-state index in [2.05, 4.69) is 11.9 Å². The minimum atomic E-state index is -0.438. The molecule has 4 heteroatoms. The van der Waals surface area contributed by atoms with Crippen LogP contribution in [0.25, 0.3) is 6.08 Å². The van der Waals surface area contributed by atoms with E-state index in [1.165, 1.54) is 6.08 Å². The van der Waals surface area contributed by atoms with Crippen LogP contribution in [0.4, 0.5) is 0 Å². The molecule has 1 amide bonds. The molecule has 0 bridgehead atoms. The third-order valence-corrected chi connectivity index (χ3v) is 2.32. The van der Waals surface area contributed by atoms with Gasteiger partial charge in [0.1, 0.15) is 11.6 Å². The maximum atomic E-state index is 11.6. The lowest BCUT2D eigenvalue weighted by Crippen LogP contribution is -2.24. The summed E-state index contributed by atoms with van der Waals surface area (Å²) in [6, 6.07) is 8.84. The molecule has 0 atom stereocenters. The molecule has 0 spiro atoms. The normalized spacial score (nSPS) is 10.5. The van der Waals surface area contributed by atoms with Crippen molar-refractivity contribution < 1.29 is 4.79 Å². The maximum Gasteiger partial charge on any atom is 0.262 e. The van der Waals surface area contributed by atoms with Gasteiger partial charge < -0.3 is 5.32 Å². The molecule has 0 aliphatic rings. The molecular formula is C13H11ClN2O. The lowest BCUT2D eigenvalue weighted by molar-refractivity contribution is -0.116. The number of carbonyl (C=O) groups is 1. The molecule has 17 heavy (non-hydrogen) atoms. The van der Waals surface area contributed by atoms with Crippen LogP contribution in [0, 0.1) is 11.3 Å². The summed E-state index contributed by atoms with van der Waals surface area (Å²) in [5, 5.41) is 11.9. The Morgan fingerprint density at radius 2 is 2.24 bits per heavy atom. The van der Waals surface area contributed by atoms with Gasteiger partial charge in [-0.1, -0.05) is 35.9 Å². The molecule has 1 rings (SSSR count). The quantitative estimate of drug-likeness (QED) is 0.504. The lowest BCUT2D eigenvalue weighted by atomic mass is 10.1. The van der Waals surface area contributed by atoms with E-state index in [1.54, 1.807) is 30.3 Å². The summed E-state index contributed by atoms with van der Waals surface area (Å²) >= 11 is 5.93. The molecule has 86 valence electrons. The zero-order valence-electron chi connectivity index (χ0n) is 9.11. The smallest absolute Gasteiger partial charge is 0.262 e. The minimum Gasteiger partial charge on any atom is -0.348 e. The first kappa shape index (κ1) is 13.0. The molecule has 0 aliphatic carbocycles. The Labute approximate surface area is 105 Å². The van der Waals surface area contributed by atoms with Crippen molar-refractivity contribution in [2.24, 2.45) is 0 Å². The fourth-order valence-corrected chi connectivity index (χ4v) is 1.35. The van der Waals surface area contributed by atoms with Crippen LogP contribution in [0.15, 0.2) is 42.5 Å². The Hall–Kier alpha value is -2.05. The number of hydrogen-bond acceptors (Lipinski definition) is 2. The molecule has 3 nitrogen and oxygen atoms in total. The summed E-state index contributed by atoms with van der Waals surface area (Å²) in [7, 11) is 0. The van der Waals surface area contributed by atoms with Crippen LogP contribution in [0.3, 0.4) is 0 Å². The second-order valence-corrected chi connectivity index (χ2v) is 3.60. The Morgan fingerprint density at radius 3 is 2.82 bits per heavy atom. The van der Waals surface area contributed by atoms with E-state index in [0.29, 0.717) is 17.1 Å². The van der Waals surface area contributed by atoms with E-state index in [9.17, 15) is 4.79 Å². The molecule has 0 unspecified atom stereocenters. The lowest BCUT2D eigenvalue weighted by Gasteiger charge is -2.01. The van der Waals surface area contributed by atoms with Crippen LogP contribution in [0.1, 0.15) is 5.56 Å². The number of nitrogens with zero attached hydrogens (tertiary/aromatic N) is 1. The van der Waals surface area contributed by atoms with Gasteiger partial charge in [-0.3, -0.25) is 4.79 Å². The van der Waals surface area contributed by atoms with Crippen molar-refractivity contribution in [2.45, 2.75) is 0 Å². The molecule has 0 fully saturated rings. The number of benzene rings is 1.